The molecule has 4 aromatic carbocycles. The predicted molar refractivity (Wildman–Crippen MR) is 319 cm³/mol. The number of aryl methyl sites for hydroxylation is 2. The van der Waals surface area contributed by atoms with Crippen LogP contribution in [0.2, 0.25) is 0 Å². The fourth-order valence-electron chi connectivity index (χ4n) is 10.8. The molecule has 0 aliphatic carbocycles. The highest BCUT2D eigenvalue weighted by atomic mass is 31.2. The molecule has 424 valence electrons. The van der Waals surface area contributed by atoms with E-state index in [9.17, 15) is 28.9 Å². The quantitative estimate of drug-likeness (QED) is 0.0151. The van der Waals surface area contributed by atoms with Gasteiger partial charge in [0.2, 0.25) is 0 Å². The van der Waals surface area contributed by atoms with Gasteiger partial charge in [0.15, 0.2) is 7.29 Å². The number of carboxylic acid groups (broad SMARTS) is 2. The SMILES string of the molecule is CC(C)P(=O)(CCc1cc2ccccc2[nH]1)N[C@@H](Cc1ccc(OCCCCC2CCNCC2)cc1)C(=O)O.CCCP(=O)(CCc1cc2ccccc2[nH]1)N[C@@H](Cc1ccc(OCCCCC2CCNCC2)cc1)C(=O)O. The van der Waals surface area contributed by atoms with E-state index in [4.69, 9.17) is 9.47 Å². The number of unbranched alkanes of at least 4 members (excludes halogenated alkanes) is 2. The summed E-state index contributed by atoms with van der Waals surface area (Å²) < 4.78 is 39.6. The van der Waals surface area contributed by atoms with Crippen molar-refractivity contribution in [3.8, 4) is 11.5 Å². The lowest BCUT2D eigenvalue weighted by atomic mass is 9.93. The van der Waals surface area contributed by atoms with Crippen molar-refractivity contribution >= 4 is 48.3 Å². The van der Waals surface area contributed by atoms with E-state index < -0.39 is 38.6 Å². The Bertz CT molecular complexity index is 2770. The normalized spacial score (nSPS) is 16.7. The van der Waals surface area contributed by atoms with E-state index in [1.54, 1.807) is 0 Å². The Morgan fingerprint density at radius 1 is 0.590 bits per heavy atom. The van der Waals surface area contributed by atoms with E-state index in [1.807, 2.05) is 118 Å². The van der Waals surface area contributed by atoms with Crippen LogP contribution in [-0.4, -0.2) is 108 Å². The number of ether oxygens (including phenoxy) is 2. The summed E-state index contributed by atoms with van der Waals surface area (Å²) in [4.78, 5) is 31.1. The van der Waals surface area contributed by atoms with Crippen molar-refractivity contribution in [1.82, 2.24) is 30.8 Å². The van der Waals surface area contributed by atoms with Crippen molar-refractivity contribution in [2.24, 2.45) is 11.8 Å². The van der Waals surface area contributed by atoms with Crippen LogP contribution in [0.3, 0.4) is 0 Å². The summed E-state index contributed by atoms with van der Waals surface area (Å²) in [5, 5.41) is 35.1. The Kier molecular flexibility index (Phi) is 24.0. The van der Waals surface area contributed by atoms with Crippen LogP contribution in [-0.2, 0) is 44.4 Å². The van der Waals surface area contributed by atoms with E-state index in [-0.39, 0.29) is 18.5 Å². The number of piperidine rings is 2. The van der Waals surface area contributed by atoms with Gasteiger partial charge in [0.1, 0.15) is 30.9 Å². The van der Waals surface area contributed by atoms with Crippen LogP contribution >= 0.6 is 14.6 Å². The zero-order valence-electron chi connectivity index (χ0n) is 46.5. The van der Waals surface area contributed by atoms with Crippen LogP contribution in [0.1, 0.15) is 114 Å². The molecule has 16 heteroatoms. The molecule has 4 atom stereocenters. The van der Waals surface area contributed by atoms with Gasteiger partial charge in [-0.2, -0.15) is 0 Å². The molecule has 0 spiro atoms. The van der Waals surface area contributed by atoms with E-state index in [0.717, 1.165) is 113 Å². The second kappa shape index (κ2) is 31.0. The Labute approximate surface area is 463 Å². The molecule has 8 N–H and O–H groups in total. The highest BCUT2D eigenvalue weighted by molar-refractivity contribution is 7.62. The van der Waals surface area contributed by atoms with E-state index in [0.29, 0.717) is 44.5 Å². The Balaban J connectivity index is 0.000000226. The van der Waals surface area contributed by atoms with Gasteiger partial charge < -0.3 is 49.4 Å². The monoisotopic (exact) mass is 1110 g/mol. The van der Waals surface area contributed by atoms with Gasteiger partial charge in [0, 0.05) is 46.6 Å². The van der Waals surface area contributed by atoms with Crippen molar-refractivity contribution in [2.75, 3.05) is 57.9 Å². The molecule has 14 nitrogen and oxygen atoms in total. The lowest BCUT2D eigenvalue weighted by Crippen LogP contribution is -2.39. The van der Waals surface area contributed by atoms with Crippen molar-refractivity contribution in [3.63, 3.8) is 0 Å². The summed E-state index contributed by atoms with van der Waals surface area (Å²) >= 11 is 0. The van der Waals surface area contributed by atoms with Gasteiger partial charge in [-0.15, -0.1) is 0 Å². The fraction of sp³-hybridized carbons (Fsp3) is 0.516. The molecule has 6 aromatic rings. The number of fused-ring (bicyclic) bond motifs is 2. The molecule has 0 bridgehead atoms. The first-order chi connectivity index (χ1) is 37.8. The molecule has 0 radical (unpaired) electrons. The maximum atomic E-state index is 13.9. The standard InChI is InChI=1S/2C31H44N3O4P/c1-23(2)39(37,20-16-27-22-26-8-3-4-9-29(26)33-27)34-30(31(35)36)21-25-10-12-28(13-11-25)38-19-6-5-7-24-14-17-32-18-15-24;1-2-20-39(37,21-16-27-23-26-8-3-4-9-29(26)33-27)34-30(31(35)36)22-25-10-12-28(13-11-25)38-19-6-5-7-24-14-17-32-18-15-24/h3-4,8-13,22-24,30,32-33H,5-7,14-21H2,1-2H3,(H,34,37)(H,35,36);3-4,8-13,23-24,30,32-33H,2,5-7,14-22H2,1H3,(H,34,37)(H,35,36)/t2*30-,39?/m00/s1. The Morgan fingerprint density at radius 2 is 1.03 bits per heavy atom. The number of hydrogen-bond acceptors (Lipinski definition) is 8. The summed E-state index contributed by atoms with van der Waals surface area (Å²) in [5.41, 5.74) is 5.71. The smallest absolute Gasteiger partial charge is 0.321 e. The zero-order chi connectivity index (χ0) is 55.2. The van der Waals surface area contributed by atoms with Crippen molar-refractivity contribution in [1.29, 1.82) is 0 Å². The highest BCUT2D eigenvalue weighted by Gasteiger charge is 2.33. The van der Waals surface area contributed by atoms with Crippen LogP contribution in [0.15, 0.2) is 109 Å². The number of aromatic nitrogens is 2. The summed E-state index contributed by atoms with van der Waals surface area (Å²) in [6.07, 6.45) is 15.9. The number of carbonyl (C=O) groups is 2. The topological polar surface area (TPSA) is 207 Å². The summed E-state index contributed by atoms with van der Waals surface area (Å²) in [6.45, 7) is 11.8. The maximum Gasteiger partial charge on any atom is 0.321 e. The number of carboxylic acids is 2. The fourth-order valence-corrected chi connectivity index (χ4v) is 15.6. The third-order valence-corrected chi connectivity index (χ3v) is 21.8. The lowest BCUT2D eigenvalue weighted by molar-refractivity contribution is -0.139. The van der Waals surface area contributed by atoms with Crippen LogP contribution in [0.4, 0.5) is 0 Å². The number of aliphatic carboxylic acids is 2. The summed E-state index contributed by atoms with van der Waals surface area (Å²) in [7, 11) is -5.86. The molecule has 2 unspecified atom stereocenters. The predicted octanol–water partition coefficient (Wildman–Crippen LogP) is 12.5. The molecule has 0 saturated carbocycles. The number of nitrogens with one attached hydrogen (secondary N) is 6. The highest BCUT2D eigenvalue weighted by Crippen LogP contribution is 2.48. The first kappa shape index (κ1) is 60.4. The second-order valence-corrected chi connectivity index (χ2v) is 28.3. The van der Waals surface area contributed by atoms with Gasteiger partial charge in [0.05, 0.1) is 13.2 Å². The number of rotatable bonds is 31. The minimum Gasteiger partial charge on any atom is -0.494 e. The number of para-hydroxylation sites is 2. The average Bonchev–Trinajstić information content (AvgIpc) is 4.08. The Hall–Kier alpha value is -5.20. The van der Waals surface area contributed by atoms with E-state index in [2.05, 4.69) is 42.9 Å². The molecule has 4 heterocycles. The molecule has 2 saturated heterocycles. The van der Waals surface area contributed by atoms with Gasteiger partial charge in [-0.3, -0.25) is 19.8 Å². The number of benzene rings is 4. The molecule has 2 fully saturated rings. The minimum absolute atomic E-state index is 0.172. The van der Waals surface area contributed by atoms with Gasteiger partial charge in [-0.05, 0) is 192 Å². The number of aromatic amines is 2. The van der Waals surface area contributed by atoms with Crippen LogP contribution in [0, 0.1) is 11.8 Å². The van der Waals surface area contributed by atoms with Crippen LogP contribution in [0.25, 0.3) is 21.8 Å². The van der Waals surface area contributed by atoms with E-state index in [1.165, 1.54) is 51.4 Å². The first-order valence-corrected chi connectivity index (χ1v) is 33.0. The van der Waals surface area contributed by atoms with Crippen molar-refractivity contribution in [2.45, 2.75) is 135 Å². The van der Waals surface area contributed by atoms with Gasteiger partial charge >= 0.3 is 11.9 Å². The van der Waals surface area contributed by atoms with Gasteiger partial charge in [-0.1, -0.05) is 94.3 Å². The third kappa shape index (κ3) is 19.6. The average molecular weight is 1110 g/mol. The molecular weight excluding hydrogens is 1020 g/mol. The van der Waals surface area contributed by atoms with E-state index >= 15 is 0 Å². The maximum absolute atomic E-state index is 13.9. The minimum atomic E-state index is -2.97. The van der Waals surface area contributed by atoms with Crippen molar-refractivity contribution in [3.05, 3.63) is 132 Å². The van der Waals surface area contributed by atoms with Crippen molar-refractivity contribution < 1.29 is 38.4 Å². The molecule has 2 aromatic heterocycles. The molecular formula is C62H88N6O8P2. The van der Waals surface area contributed by atoms with Gasteiger partial charge in [-0.25, -0.2) is 0 Å². The second-order valence-electron chi connectivity index (χ2n) is 22.0. The lowest BCUT2D eigenvalue weighted by Gasteiger charge is -2.27. The summed E-state index contributed by atoms with van der Waals surface area (Å²) in [6, 6.07) is 33.7. The molecule has 2 aliphatic rings. The zero-order valence-corrected chi connectivity index (χ0v) is 48.3. The molecule has 8 rings (SSSR count). The number of hydrogen-bond donors (Lipinski definition) is 8. The van der Waals surface area contributed by atoms with Gasteiger partial charge in [0.25, 0.3) is 0 Å². The summed E-state index contributed by atoms with van der Waals surface area (Å²) in [5.74, 6) is 1.33. The molecule has 78 heavy (non-hydrogen) atoms. The van der Waals surface area contributed by atoms with Crippen LogP contribution in [0.5, 0.6) is 11.5 Å². The molecule has 2 aliphatic heterocycles. The van der Waals surface area contributed by atoms with Crippen LogP contribution < -0.4 is 30.3 Å². The number of H-pyrrole nitrogens is 2. The Morgan fingerprint density at radius 3 is 1.45 bits per heavy atom. The molecule has 0 amide bonds. The largest absolute Gasteiger partial charge is 0.494 e. The first-order valence-electron chi connectivity index (χ1n) is 28.9. The third-order valence-electron chi connectivity index (χ3n) is 15.6.